The number of likely N-dealkylation sites (tertiary alicyclic amines) is 1. The average Bonchev–Trinajstić information content (AvgIpc) is 2.79. The van der Waals surface area contributed by atoms with Gasteiger partial charge in [0, 0.05) is 56.1 Å². The first-order valence-electron chi connectivity index (χ1n) is 10.7. The highest BCUT2D eigenvalue weighted by Crippen LogP contribution is 2.29. The number of ether oxygens (including phenoxy) is 1. The first kappa shape index (κ1) is 20.5. The van der Waals surface area contributed by atoms with Crippen LogP contribution in [0.15, 0.2) is 35.6 Å². The van der Waals surface area contributed by atoms with Crippen LogP contribution >= 0.6 is 0 Å². The van der Waals surface area contributed by atoms with Crippen LogP contribution in [0, 0.1) is 5.92 Å². The standard InChI is InChI=1S/C22H30N4O4/c1-30-22(29)26-12-9-19-18(14-26)20(27)17(13-23-19)21(28)24-15-5-7-16(8-6-15)25-10-3-2-4-11-25/h5-8,18-19,23,27H,2-4,9-14H2,1H3,(H,24,28)/t18-,19-/m0/s1. The van der Waals surface area contributed by atoms with Gasteiger partial charge in [0.1, 0.15) is 5.76 Å². The zero-order valence-electron chi connectivity index (χ0n) is 17.4. The van der Waals surface area contributed by atoms with Gasteiger partial charge in [0.05, 0.1) is 12.7 Å². The molecule has 2 atom stereocenters. The molecular formula is C22H30N4O4. The maximum absolute atomic E-state index is 12.8. The summed E-state index contributed by atoms with van der Waals surface area (Å²) >= 11 is 0. The van der Waals surface area contributed by atoms with Gasteiger partial charge in [-0.1, -0.05) is 0 Å². The number of anilines is 2. The topological polar surface area (TPSA) is 94.1 Å². The summed E-state index contributed by atoms with van der Waals surface area (Å²) in [4.78, 5) is 28.6. The molecule has 3 heterocycles. The molecule has 0 saturated carbocycles. The Morgan fingerprint density at radius 1 is 1.13 bits per heavy atom. The van der Waals surface area contributed by atoms with Crippen molar-refractivity contribution < 1.29 is 19.4 Å². The lowest BCUT2D eigenvalue weighted by atomic mass is 9.85. The first-order chi connectivity index (χ1) is 14.6. The number of aliphatic hydroxyl groups excluding tert-OH is 1. The Bertz CT molecular complexity index is 817. The first-order valence-corrected chi connectivity index (χ1v) is 10.7. The molecule has 1 aromatic carbocycles. The number of methoxy groups -OCH3 is 1. The van der Waals surface area contributed by atoms with Crippen LogP contribution in [0.5, 0.6) is 0 Å². The molecule has 0 spiro atoms. The van der Waals surface area contributed by atoms with Crippen LogP contribution in [0.2, 0.25) is 0 Å². The number of carbonyl (C=O) groups excluding carboxylic acids is 2. The molecule has 3 N–H and O–H groups in total. The van der Waals surface area contributed by atoms with Crippen LogP contribution in [0.25, 0.3) is 0 Å². The molecule has 0 radical (unpaired) electrons. The number of nitrogens with one attached hydrogen (secondary N) is 2. The Morgan fingerprint density at radius 2 is 1.87 bits per heavy atom. The molecule has 3 aliphatic rings. The molecule has 3 aliphatic heterocycles. The predicted molar refractivity (Wildman–Crippen MR) is 115 cm³/mol. The maximum atomic E-state index is 12.8. The third-order valence-electron chi connectivity index (χ3n) is 6.37. The summed E-state index contributed by atoms with van der Waals surface area (Å²) < 4.78 is 4.80. The Morgan fingerprint density at radius 3 is 2.57 bits per heavy atom. The lowest BCUT2D eigenvalue weighted by Crippen LogP contribution is -2.55. The van der Waals surface area contributed by atoms with Gasteiger partial charge < -0.3 is 30.3 Å². The van der Waals surface area contributed by atoms with Crippen molar-refractivity contribution in [2.24, 2.45) is 5.92 Å². The van der Waals surface area contributed by atoms with Gasteiger partial charge in [0.25, 0.3) is 5.91 Å². The van der Waals surface area contributed by atoms with Gasteiger partial charge in [-0.15, -0.1) is 0 Å². The molecule has 8 heteroatoms. The maximum Gasteiger partial charge on any atom is 0.409 e. The molecule has 4 rings (SSSR count). The van der Waals surface area contributed by atoms with Crippen LogP contribution in [0.1, 0.15) is 25.7 Å². The van der Waals surface area contributed by atoms with E-state index in [0.29, 0.717) is 37.3 Å². The molecule has 0 bridgehead atoms. The van der Waals surface area contributed by atoms with E-state index in [1.807, 2.05) is 24.3 Å². The molecular weight excluding hydrogens is 384 g/mol. The van der Waals surface area contributed by atoms with Gasteiger partial charge >= 0.3 is 6.09 Å². The second kappa shape index (κ2) is 8.95. The van der Waals surface area contributed by atoms with Gasteiger partial charge in [-0.25, -0.2) is 4.79 Å². The van der Waals surface area contributed by atoms with Crippen LogP contribution in [-0.4, -0.2) is 67.9 Å². The number of carbonyl (C=O) groups is 2. The van der Waals surface area contributed by atoms with Crippen molar-refractivity contribution in [2.75, 3.05) is 50.1 Å². The summed E-state index contributed by atoms with van der Waals surface area (Å²) in [7, 11) is 1.35. The van der Waals surface area contributed by atoms with Gasteiger partial charge in [0.15, 0.2) is 0 Å². The molecule has 0 aromatic heterocycles. The van der Waals surface area contributed by atoms with E-state index in [0.717, 1.165) is 13.1 Å². The largest absolute Gasteiger partial charge is 0.511 e. The SMILES string of the molecule is COC(=O)N1CC[C@@H]2NCC(C(=O)Nc3ccc(N4CCCCC4)cc3)=C(O)[C@H]2C1. The Labute approximate surface area is 176 Å². The van der Waals surface area contributed by atoms with Crippen molar-refractivity contribution in [1.29, 1.82) is 0 Å². The van der Waals surface area contributed by atoms with E-state index >= 15 is 0 Å². The highest BCUT2D eigenvalue weighted by molar-refractivity contribution is 6.04. The van der Waals surface area contributed by atoms with E-state index in [9.17, 15) is 14.7 Å². The molecule has 2 fully saturated rings. The highest BCUT2D eigenvalue weighted by Gasteiger charge is 2.39. The third kappa shape index (κ3) is 4.23. The molecule has 2 amide bonds. The van der Waals surface area contributed by atoms with Crippen molar-refractivity contribution in [3.8, 4) is 0 Å². The molecule has 2 saturated heterocycles. The quantitative estimate of drug-likeness (QED) is 0.704. The second-order valence-corrected chi connectivity index (χ2v) is 8.21. The highest BCUT2D eigenvalue weighted by atomic mass is 16.5. The number of nitrogens with zero attached hydrogens (tertiary/aromatic N) is 2. The van der Waals surface area contributed by atoms with Crippen LogP contribution < -0.4 is 15.5 Å². The smallest absolute Gasteiger partial charge is 0.409 e. The fourth-order valence-electron chi connectivity index (χ4n) is 4.63. The lowest BCUT2D eigenvalue weighted by Gasteiger charge is -2.41. The minimum Gasteiger partial charge on any atom is -0.511 e. The van der Waals surface area contributed by atoms with E-state index in [-0.39, 0.29) is 23.6 Å². The number of fused-ring (bicyclic) bond motifs is 1. The number of rotatable bonds is 3. The summed E-state index contributed by atoms with van der Waals surface area (Å²) in [6.07, 6.45) is 4.02. The molecule has 0 aliphatic carbocycles. The minimum atomic E-state index is -0.411. The number of amides is 2. The van der Waals surface area contributed by atoms with E-state index in [2.05, 4.69) is 15.5 Å². The number of aliphatic hydroxyl groups is 1. The zero-order valence-corrected chi connectivity index (χ0v) is 17.4. The number of hydrogen-bond acceptors (Lipinski definition) is 6. The normalized spacial score (nSPS) is 24.3. The van der Waals surface area contributed by atoms with Crippen molar-refractivity contribution in [2.45, 2.75) is 31.7 Å². The van der Waals surface area contributed by atoms with E-state index < -0.39 is 6.09 Å². The number of hydrogen-bond donors (Lipinski definition) is 3. The van der Waals surface area contributed by atoms with Gasteiger partial charge in [0.2, 0.25) is 0 Å². The fourth-order valence-corrected chi connectivity index (χ4v) is 4.63. The summed E-state index contributed by atoms with van der Waals surface area (Å²) in [5.74, 6) is -0.567. The summed E-state index contributed by atoms with van der Waals surface area (Å²) in [6.45, 7) is 3.35. The van der Waals surface area contributed by atoms with E-state index in [4.69, 9.17) is 4.74 Å². The minimum absolute atomic E-state index is 0.0475. The van der Waals surface area contributed by atoms with Gasteiger partial charge in [-0.2, -0.15) is 0 Å². The van der Waals surface area contributed by atoms with Gasteiger partial charge in [-0.05, 0) is 49.9 Å². The lowest BCUT2D eigenvalue weighted by molar-refractivity contribution is -0.113. The predicted octanol–water partition coefficient (Wildman–Crippen LogP) is 2.49. The van der Waals surface area contributed by atoms with Crippen molar-refractivity contribution in [3.63, 3.8) is 0 Å². The van der Waals surface area contributed by atoms with Crippen LogP contribution in [0.3, 0.4) is 0 Å². The summed E-state index contributed by atoms with van der Waals surface area (Å²) in [5.41, 5.74) is 2.19. The van der Waals surface area contributed by atoms with Gasteiger partial charge in [-0.3, -0.25) is 4.79 Å². The zero-order chi connectivity index (χ0) is 21.1. The Balaban J connectivity index is 1.43. The molecule has 1 aromatic rings. The molecule has 0 unspecified atom stereocenters. The molecule has 162 valence electrons. The van der Waals surface area contributed by atoms with Crippen LogP contribution in [-0.2, 0) is 9.53 Å². The number of piperidine rings is 2. The monoisotopic (exact) mass is 414 g/mol. The van der Waals surface area contributed by atoms with Crippen molar-refractivity contribution in [1.82, 2.24) is 10.2 Å². The second-order valence-electron chi connectivity index (χ2n) is 8.21. The Kier molecular flexibility index (Phi) is 6.13. The van der Waals surface area contributed by atoms with Crippen molar-refractivity contribution in [3.05, 3.63) is 35.6 Å². The van der Waals surface area contributed by atoms with E-state index in [1.54, 1.807) is 4.90 Å². The van der Waals surface area contributed by atoms with Crippen LogP contribution in [0.4, 0.5) is 16.2 Å². The Hall–Kier alpha value is -2.74. The summed E-state index contributed by atoms with van der Waals surface area (Å²) in [5, 5.41) is 17.0. The molecule has 30 heavy (non-hydrogen) atoms. The fraction of sp³-hybridized carbons (Fsp3) is 0.545. The van der Waals surface area contributed by atoms with Crippen molar-refractivity contribution >= 4 is 23.4 Å². The third-order valence-corrected chi connectivity index (χ3v) is 6.37. The average molecular weight is 415 g/mol. The van der Waals surface area contributed by atoms with E-state index in [1.165, 1.54) is 32.1 Å². The number of benzene rings is 1. The molecule has 8 nitrogen and oxygen atoms in total. The summed E-state index contributed by atoms with van der Waals surface area (Å²) in [6, 6.07) is 7.90.